The largest absolute Gasteiger partial charge is 0.481 e. The number of rotatable bonds is 6. The standard InChI is InChI=1S/C19H21ClN4O3/c20-15-3-1-13(2-4-15)16(11-18(25)26)23-19(27)14-5-9-24(10-6-14)17-12-21-7-8-22-17/h1-4,7-8,12,14,16H,5-6,9-11H2,(H,23,27)(H,25,26)/t16-/m0/s1. The summed E-state index contributed by atoms with van der Waals surface area (Å²) in [6.45, 7) is 1.42. The number of halogens is 1. The summed E-state index contributed by atoms with van der Waals surface area (Å²) >= 11 is 5.90. The summed E-state index contributed by atoms with van der Waals surface area (Å²) < 4.78 is 0. The molecule has 1 fully saturated rings. The van der Waals surface area contributed by atoms with Crippen molar-refractivity contribution in [3.63, 3.8) is 0 Å². The van der Waals surface area contributed by atoms with E-state index in [1.165, 1.54) is 0 Å². The monoisotopic (exact) mass is 388 g/mol. The van der Waals surface area contributed by atoms with Crippen LogP contribution in [0.15, 0.2) is 42.9 Å². The van der Waals surface area contributed by atoms with Crippen LogP contribution in [0, 0.1) is 5.92 Å². The van der Waals surface area contributed by atoms with Crippen LogP contribution in [0.4, 0.5) is 5.82 Å². The molecule has 1 aliphatic heterocycles. The van der Waals surface area contributed by atoms with E-state index < -0.39 is 12.0 Å². The van der Waals surface area contributed by atoms with Crippen molar-refractivity contribution in [2.45, 2.75) is 25.3 Å². The zero-order valence-corrected chi connectivity index (χ0v) is 15.5. The van der Waals surface area contributed by atoms with E-state index in [1.54, 1.807) is 42.9 Å². The number of nitrogens with one attached hydrogen (secondary N) is 1. The summed E-state index contributed by atoms with van der Waals surface area (Å²) in [4.78, 5) is 34.4. The Kier molecular flexibility index (Phi) is 6.24. The highest BCUT2D eigenvalue weighted by molar-refractivity contribution is 6.30. The maximum atomic E-state index is 12.7. The van der Waals surface area contributed by atoms with Crippen LogP contribution < -0.4 is 10.2 Å². The maximum Gasteiger partial charge on any atom is 0.305 e. The Bertz CT molecular complexity index is 777. The van der Waals surface area contributed by atoms with Gasteiger partial charge in [0, 0.05) is 36.4 Å². The van der Waals surface area contributed by atoms with Gasteiger partial charge in [-0.1, -0.05) is 23.7 Å². The van der Waals surface area contributed by atoms with Gasteiger partial charge in [0.15, 0.2) is 0 Å². The summed E-state index contributed by atoms with van der Waals surface area (Å²) in [7, 11) is 0. The second-order valence-electron chi connectivity index (χ2n) is 6.54. The third-order valence-corrected chi connectivity index (χ3v) is 4.96. The lowest BCUT2D eigenvalue weighted by Gasteiger charge is -2.32. The van der Waals surface area contributed by atoms with Crippen molar-refractivity contribution in [3.8, 4) is 0 Å². The summed E-state index contributed by atoms with van der Waals surface area (Å²) in [5.74, 6) is -0.425. The normalized spacial score (nSPS) is 16.0. The minimum atomic E-state index is -0.965. The molecule has 0 radical (unpaired) electrons. The zero-order chi connectivity index (χ0) is 19.2. The van der Waals surface area contributed by atoms with Crippen molar-refractivity contribution < 1.29 is 14.7 Å². The highest BCUT2D eigenvalue weighted by Crippen LogP contribution is 2.24. The number of carbonyl (C=O) groups excluding carboxylic acids is 1. The van der Waals surface area contributed by atoms with E-state index in [2.05, 4.69) is 20.2 Å². The Morgan fingerprint density at radius 2 is 1.93 bits per heavy atom. The molecular formula is C19H21ClN4O3. The number of carbonyl (C=O) groups is 2. The predicted molar refractivity (Wildman–Crippen MR) is 102 cm³/mol. The SMILES string of the molecule is O=C(O)C[C@H](NC(=O)C1CCN(c2cnccn2)CC1)c1ccc(Cl)cc1. The van der Waals surface area contributed by atoms with Crippen LogP contribution in [-0.4, -0.2) is 40.0 Å². The Labute approximate surface area is 162 Å². The molecule has 1 aromatic carbocycles. The quantitative estimate of drug-likeness (QED) is 0.789. The second-order valence-corrected chi connectivity index (χ2v) is 6.97. The molecule has 1 amide bonds. The molecule has 0 saturated carbocycles. The van der Waals surface area contributed by atoms with Crippen LogP contribution >= 0.6 is 11.6 Å². The van der Waals surface area contributed by atoms with E-state index in [-0.39, 0.29) is 18.2 Å². The number of piperidine rings is 1. The van der Waals surface area contributed by atoms with Gasteiger partial charge >= 0.3 is 5.97 Å². The van der Waals surface area contributed by atoms with Crippen molar-refractivity contribution >= 4 is 29.3 Å². The van der Waals surface area contributed by atoms with Gasteiger partial charge in [-0.3, -0.25) is 14.6 Å². The van der Waals surface area contributed by atoms with Crippen LogP contribution in [0.5, 0.6) is 0 Å². The van der Waals surface area contributed by atoms with Crippen LogP contribution in [0.1, 0.15) is 30.9 Å². The number of aliphatic carboxylic acids is 1. The number of hydrogen-bond acceptors (Lipinski definition) is 5. The molecular weight excluding hydrogens is 368 g/mol. The van der Waals surface area contributed by atoms with Crippen molar-refractivity contribution in [2.24, 2.45) is 5.92 Å². The molecule has 0 aliphatic carbocycles. The van der Waals surface area contributed by atoms with Crippen LogP contribution in [0.3, 0.4) is 0 Å². The van der Waals surface area contributed by atoms with Gasteiger partial charge in [-0.05, 0) is 30.5 Å². The Morgan fingerprint density at radius 3 is 2.52 bits per heavy atom. The molecule has 27 heavy (non-hydrogen) atoms. The van der Waals surface area contributed by atoms with Crippen molar-refractivity contribution in [1.29, 1.82) is 0 Å². The third-order valence-electron chi connectivity index (χ3n) is 4.71. The molecule has 142 valence electrons. The molecule has 3 rings (SSSR count). The number of hydrogen-bond donors (Lipinski definition) is 2. The number of anilines is 1. The highest BCUT2D eigenvalue weighted by atomic mass is 35.5. The molecule has 1 atom stereocenters. The van der Waals surface area contributed by atoms with Gasteiger partial charge in [0.05, 0.1) is 18.7 Å². The minimum Gasteiger partial charge on any atom is -0.481 e. The molecule has 1 aliphatic rings. The molecule has 1 saturated heterocycles. The number of carboxylic acid groups (broad SMARTS) is 1. The zero-order valence-electron chi connectivity index (χ0n) is 14.7. The van der Waals surface area contributed by atoms with E-state index in [9.17, 15) is 14.7 Å². The number of aromatic nitrogens is 2. The van der Waals surface area contributed by atoms with Crippen LogP contribution in [0.2, 0.25) is 5.02 Å². The Hall–Kier alpha value is -2.67. The van der Waals surface area contributed by atoms with E-state index >= 15 is 0 Å². The summed E-state index contributed by atoms with van der Waals surface area (Å²) in [5.41, 5.74) is 0.729. The van der Waals surface area contributed by atoms with E-state index in [0.717, 1.165) is 11.4 Å². The lowest BCUT2D eigenvalue weighted by Crippen LogP contribution is -2.42. The van der Waals surface area contributed by atoms with Gasteiger partial charge < -0.3 is 15.3 Å². The summed E-state index contributed by atoms with van der Waals surface area (Å²) in [5, 5.41) is 12.7. The highest BCUT2D eigenvalue weighted by Gasteiger charge is 2.28. The van der Waals surface area contributed by atoms with Crippen molar-refractivity contribution in [2.75, 3.05) is 18.0 Å². The van der Waals surface area contributed by atoms with Crippen LogP contribution in [-0.2, 0) is 9.59 Å². The first-order valence-corrected chi connectivity index (χ1v) is 9.19. The van der Waals surface area contributed by atoms with E-state index in [0.29, 0.717) is 31.0 Å². The van der Waals surface area contributed by atoms with Gasteiger partial charge in [-0.15, -0.1) is 0 Å². The van der Waals surface area contributed by atoms with E-state index in [1.807, 2.05) is 0 Å². The van der Waals surface area contributed by atoms with Gasteiger partial charge in [0.2, 0.25) is 5.91 Å². The fraction of sp³-hybridized carbons (Fsp3) is 0.368. The average Bonchev–Trinajstić information content (AvgIpc) is 2.68. The molecule has 2 aromatic rings. The molecule has 8 heteroatoms. The Balaban J connectivity index is 1.61. The Morgan fingerprint density at radius 1 is 1.22 bits per heavy atom. The van der Waals surface area contributed by atoms with Gasteiger partial charge in [0.25, 0.3) is 0 Å². The van der Waals surface area contributed by atoms with Crippen LogP contribution in [0.25, 0.3) is 0 Å². The first-order valence-electron chi connectivity index (χ1n) is 8.81. The lowest BCUT2D eigenvalue weighted by molar-refractivity contribution is -0.138. The van der Waals surface area contributed by atoms with Crippen molar-refractivity contribution in [3.05, 3.63) is 53.4 Å². The van der Waals surface area contributed by atoms with E-state index in [4.69, 9.17) is 11.6 Å². The van der Waals surface area contributed by atoms with Gasteiger partial charge in [0.1, 0.15) is 5.82 Å². The second kappa shape index (κ2) is 8.81. The number of nitrogens with zero attached hydrogens (tertiary/aromatic N) is 3. The molecule has 1 aromatic heterocycles. The topological polar surface area (TPSA) is 95.4 Å². The fourth-order valence-corrected chi connectivity index (χ4v) is 3.36. The third kappa shape index (κ3) is 5.17. The molecule has 2 N–H and O–H groups in total. The summed E-state index contributed by atoms with van der Waals surface area (Å²) in [6, 6.07) is 6.29. The van der Waals surface area contributed by atoms with Gasteiger partial charge in [-0.25, -0.2) is 4.98 Å². The fourth-order valence-electron chi connectivity index (χ4n) is 3.24. The molecule has 0 spiro atoms. The maximum absolute atomic E-state index is 12.7. The predicted octanol–water partition coefficient (Wildman–Crippen LogP) is 2.68. The molecule has 0 bridgehead atoms. The van der Waals surface area contributed by atoms with Crippen molar-refractivity contribution in [1.82, 2.24) is 15.3 Å². The first-order chi connectivity index (χ1) is 13.0. The first kappa shape index (κ1) is 19.1. The number of benzene rings is 1. The molecule has 0 unspecified atom stereocenters. The molecule has 2 heterocycles. The molecule has 7 nitrogen and oxygen atoms in total. The van der Waals surface area contributed by atoms with Gasteiger partial charge in [-0.2, -0.15) is 0 Å². The smallest absolute Gasteiger partial charge is 0.305 e. The summed E-state index contributed by atoms with van der Waals surface area (Å²) in [6.07, 6.45) is 6.18. The lowest BCUT2D eigenvalue weighted by atomic mass is 9.94. The average molecular weight is 389 g/mol. The number of amides is 1. The number of carboxylic acids is 1. The minimum absolute atomic E-state index is 0.116.